The molecule has 0 atom stereocenters. The van der Waals surface area contributed by atoms with E-state index in [1.165, 1.54) is 7.11 Å². The maximum atomic E-state index is 12.0. The van der Waals surface area contributed by atoms with Crippen molar-refractivity contribution in [3.05, 3.63) is 89.2 Å². The van der Waals surface area contributed by atoms with Gasteiger partial charge in [-0.3, -0.25) is 4.98 Å². The molecule has 128 valence electrons. The van der Waals surface area contributed by atoms with E-state index in [-0.39, 0.29) is 0 Å². The van der Waals surface area contributed by atoms with Crippen molar-refractivity contribution in [2.24, 2.45) is 4.99 Å². The predicted molar refractivity (Wildman–Crippen MR) is 98.1 cm³/mol. The van der Waals surface area contributed by atoms with Crippen LogP contribution in [0.1, 0.15) is 27.0 Å². The maximum Gasteiger partial charge on any atom is 0.337 e. The zero-order chi connectivity index (χ0) is 17.9. The summed E-state index contributed by atoms with van der Waals surface area (Å²) in [5.74, 6) is 0.280. The minimum atomic E-state index is -0.397. The third-order valence-electron chi connectivity index (χ3n) is 4.20. The Bertz CT molecular complexity index is 997. The number of benzene rings is 2. The fourth-order valence-corrected chi connectivity index (χ4v) is 2.93. The third-order valence-corrected chi connectivity index (χ3v) is 4.20. The topological polar surface area (TPSA) is 60.8 Å². The summed E-state index contributed by atoms with van der Waals surface area (Å²) >= 11 is 0. The van der Waals surface area contributed by atoms with E-state index in [2.05, 4.69) is 4.98 Å². The summed E-state index contributed by atoms with van der Waals surface area (Å²) < 4.78 is 10.8. The summed E-state index contributed by atoms with van der Waals surface area (Å²) in [6.45, 7) is 0.437. The average molecular weight is 344 g/mol. The first-order valence-electron chi connectivity index (χ1n) is 8.19. The van der Waals surface area contributed by atoms with E-state index in [9.17, 15) is 4.79 Å². The van der Waals surface area contributed by atoms with Crippen LogP contribution in [-0.4, -0.2) is 23.8 Å². The molecule has 0 radical (unpaired) electrons. The number of fused-ring (bicyclic) bond motifs is 2. The van der Waals surface area contributed by atoms with Crippen LogP contribution in [0.2, 0.25) is 0 Å². The summed E-state index contributed by atoms with van der Waals surface area (Å²) in [4.78, 5) is 20.9. The predicted octanol–water partition coefficient (Wildman–Crippen LogP) is 3.93. The van der Waals surface area contributed by atoms with Crippen molar-refractivity contribution in [3.8, 4) is 5.75 Å². The Hall–Kier alpha value is -3.47. The van der Waals surface area contributed by atoms with Crippen LogP contribution in [0.4, 0.5) is 5.69 Å². The van der Waals surface area contributed by atoms with Crippen LogP contribution in [0, 0.1) is 0 Å². The lowest BCUT2D eigenvalue weighted by molar-refractivity contribution is 0.0600. The third kappa shape index (κ3) is 2.95. The number of aliphatic imine (C=N–C) groups is 1. The Kier molecular flexibility index (Phi) is 4.19. The number of pyridine rings is 1. The molecule has 1 aromatic heterocycles. The minimum absolute atomic E-state index is 0.397. The molecule has 0 amide bonds. The number of esters is 1. The summed E-state index contributed by atoms with van der Waals surface area (Å²) in [5, 5.41) is 0. The molecule has 0 unspecified atom stereocenters. The van der Waals surface area contributed by atoms with Gasteiger partial charge in [-0.1, -0.05) is 24.3 Å². The van der Waals surface area contributed by atoms with Crippen LogP contribution in [0.5, 0.6) is 5.75 Å². The van der Waals surface area contributed by atoms with Crippen LogP contribution < -0.4 is 4.74 Å². The second-order valence-corrected chi connectivity index (χ2v) is 5.82. The Morgan fingerprint density at radius 3 is 2.81 bits per heavy atom. The molecule has 1 aliphatic heterocycles. The quantitative estimate of drug-likeness (QED) is 0.661. The van der Waals surface area contributed by atoms with Gasteiger partial charge in [0.05, 0.1) is 30.3 Å². The van der Waals surface area contributed by atoms with Crippen LogP contribution in [0.15, 0.2) is 72.0 Å². The van der Waals surface area contributed by atoms with Crippen molar-refractivity contribution in [2.45, 2.75) is 6.61 Å². The lowest BCUT2D eigenvalue weighted by atomic mass is 9.96. The summed E-state index contributed by atoms with van der Waals surface area (Å²) in [6.07, 6.45) is 3.41. The molecule has 0 spiro atoms. The fourth-order valence-electron chi connectivity index (χ4n) is 2.93. The van der Waals surface area contributed by atoms with Gasteiger partial charge >= 0.3 is 5.97 Å². The second kappa shape index (κ2) is 6.80. The first-order valence-corrected chi connectivity index (χ1v) is 8.19. The van der Waals surface area contributed by atoms with Crippen molar-refractivity contribution in [1.29, 1.82) is 0 Å². The summed E-state index contributed by atoms with van der Waals surface area (Å²) in [5.41, 5.74) is 4.68. The van der Waals surface area contributed by atoms with Gasteiger partial charge in [-0.2, -0.15) is 0 Å². The zero-order valence-corrected chi connectivity index (χ0v) is 14.2. The van der Waals surface area contributed by atoms with E-state index < -0.39 is 5.97 Å². The molecule has 0 bridgehead atoms. The van der Waals surface area contributed by atoms with E-state index in [0.29, 0.717) is 17.9 Å². The number of carbonyl (C=O) groups is 1. The molecule has 0 saturated carbocycles. The molecule has 0 saturated heterocycles. The number of carbonyl (C=O) groups excluding carboxylic acids is 1. The van der Waals surface area contributed by atoms with Gasteiger partial charge in [-0.15, -0.1) is 0 Å². The fraction of sp³-hybridized carbons (Fsp3) is 0.0952. The molecule has 2 heterocycles. The molecular weight excluding hydrogens is 328 g/mol. The summed E-state index contributed by atoms with van der Waals surface area (Å²) in [7, 11) is 1.37. The maximum absolute atomic E-state index is 12.0. The van der Waals surface area contributed by atoms with Gasteiger partial charge in [0, 0.05) is 17.3 Å². The zero-order valence-electron chi connectivity index (χ0n) is 14.2. The number of nitrogens with zero attached hydrogens (tertiary/aromatic N) is 2. The van der Waals surface area contributed by atoms with Gasteiger partial charge in [0.25, 0.3) is 0 Å². The summed E-state index contributed by atoms with van der Waals surface area (Å²) in [6, 6.07) is 16.9. The monoisotopic (exact) mass is 344 g/mol. The molecule has 3 aromatic rings. The SMILES string of the molecule is COC(=O)c1ccc2c(c1)/C(=N\c1cccnc1)c1ccccc1CO2. The van der Waals surface area contributed by atoms with Gasteiger partial charge in [0.15, 0.2) is 0 Å². The minimum Gasteiger partial charge on any atom is -0.488 e. The molecular formula is C21H16N2O3. The molecule has 26 heavy (non-hydrogen) atoms. The first-order chi connectivity index (χ1) is 12.8. The average Bonchev–Trinajstić information content (AvgIpc) is 2.85. The van der Waals surface area contributed by atoms with Gasteiger partial charge in [0.1, 0.15) is 12.4 Å². The molecule has 0 aliphatic carbocycles. The Balaban J connectivity index is 1.96. The number of rotatable bonds is 2. The lowest BCUT2D eigenvalue weighted by Gasteiger charge is -2.11. The highest BCUT2D eigenvalue weighted by Gasteiger charge is 2.22. The molecule has 4 rings (SSSR count). The highest BCUT2D eigenvalue weighted by atomic mass is 16.5. The van der Waals surface area contributed by atoms with Crippen molar-refractivity contribution < 1.29 is 14.3 Å². The standard InChI is InChI=1S/C21H16N2O3/c1-25-21(24)14-8-9-19-18(11-14)20(23-16-6-4-10-22-12-16)17-7-3-2-5-15(17)13-26-19/h2-12H,13H2,1H3/b23-20-. The Morgan fingerprint density at radius 1 is 1.12 bits per heavy atom. The van der Waals surface area contributed by atoms with Crippen LogP contribution >= 0.6 is 0 Å². The van der Waals surface area contributed by atoms with Gasteiger partial charge in [0.2, 0.25) is 0 Å². The highest BCUT2D eigenvalue weighted by Crippen LogP contribution is 2.31. The van der Waals surface area contributed by atoms with Gasteiger partial charge < -0.3 is 9.47 Å². The molecule has 0 N–H and O–H groups in total. The highest BCUT2D eigenvalue weighted by molar-refractivity contribution is 6.17. The van der Waals surface area contributed by atoms with E-state index in [1.807, 2.05) is 36.4 Å². The molecule has 5 nitrogen and oxygen atoms in total. The molecule has 0 fully saturated rings. The number of aromatic nitrogens is 1. The van der Waals surface area contributed by atoms with Crippen LogP contribution in [0.25, 0.3) is 0 Å². The molecule has 1 aliphatic rings. The number of hydrogen-bond acceptors (Lipinski definition) is 5. The van der Waals surface area contributed by atoms with E-state index in [1.54, 1.807) is 30.6 Å². The second-order valence-electron chi connectivity index (χ2n) is 5.82. The van der Waals surface area contributed by atoms with Crippen LogP contribution in [-0.2, 0) is 11.3 Å². The molecule has 5 heteroatoms. The van der Waals surface area contributed by atoms with Crippen molar-refractivity contribution in [3.63, 3.8) is 0 Å². The number of ether oxygens (including phenoxy) is 2. The molecule has 2 aromatic carbocycles. The van der Waals surface area contributed by atoms with E-state index in [0.717, 1.165) is 28.1 Å². The van der Waals surface area contributed by atoms with Crippen molar-refractivity contribution >= 4 is 17.4 Å². The van der Waals surface area contributed by atoms with E-state index in [4.69, 9.17) is 14.5 Å². The van der Waals surface area contributed by atoms with E-state index >= 15 is 0 Å². The van der Waals surface area contributed by atoms with Crippen molar-refractivity contribution in [2.75, 3.05) is 7.11 Å². The van der Waals surface area contributed by atoms with Gasteiger partial charge in [-0.05, 0) is 35.9 Å². The number of hydrogen-bond donors (Lipinski definition) is 0. The van der Waals surface area contributed by atoms with Gasteiger partial charge in [-0.25, -0.2) is 9.79 Å². The largest absolute Gasteiger partial charge is 0.488 e. The first kappa shape index (κ1) is 16.0. The Morgan fingerprint density at radius 2 is 2.00 bits per heavy atom. The van der Waals surface area contributed by atoms with Crippen molar-refractivity contribution in [1.82, 2.24) is 4.98 Å². The normalized spacial score (nSPS) is 14.0. The Labute approximate surface area is 151 Å². The smallest absolute Gasteiger partial charge is 0.337 e. The lowest BCUT2D eigenvalue weighted by Crippen LogP contribution is -2.07. The van der Waals surface area contributed by atoms with Crippen LogP contribution in [0.3, 0.4) is 0 Å². The number of methoxy groups -OCH3 is 1.